The molecular formula is C12H13N3O4. The number of carbonyl (C=O) groups excluding carboxylic acids is 2. The molecule has 7 nitrogen and oxygen atoms in total. The molecule has 2 N–H and O–H groups in total. The normalized spacial score (nSPS) is 10.2. The van der Waals surface area contributed by atoms with E-state index in [1.165, 1.54) is 12.3 Å². The zero-order valence-electron chi connectivity index (χ0n) is 10.5. The third-order valence-electron chi connectivity index (χ3n) is 2.47. The van der Waals surface area contributed by atoms with Crippen LogP contribution in [0.25, 0.3) is 0 Å². The molecule has 0 aliphatic carbocycles. The summed E-state index contributed by atoms with van der Waals surface area (Å²) in [6, 6.07) is 3.25. The monoisotopic (exact) mass is 263 g/mol. The molecule has 100 valence electrons. The van der Waals surface area contributed by atoms with Gasteiger partial charge in [-0.1, -0.05) is 5.16 Å². The van der Waals surface area contributed by atoms with E-state index in [-0.39, 0.29) is 12.4 Å². The van der Waals surface area contributed by atoms with Crippen molar-refractivity contribution in [1.29, 1.82) is 0 Å². The fourth-order valence-corrected chi connectivity index (χ4v) is 1.56. The first kappa shape index (κ1) is 12.9. The van der Waals surface area contributed by atoms with E-state index in [0.717, 1.165) is 17.1 Å². The Morgan fingerprint density at radius 1 is 1.32 bits per heavy atom. The van der Waals surface area contributed by atoms with Crippen molar-refractivity contribution >= 4 is 17.6 Å². The molecule has 0 saturated heterocycles. The Morgan fingerprint density at radius 2 is 2.11 bits per heavy atom. The van der Waals surface area contributed by atoms with Gasteiger partial charge in [0, 0.05) is 18.2 Å². The number of aryl methyl sites for hydroxylation is 2. The highest BCUT2D eigenvalue weighted by Gasteiger charge is 2.15. The fourth-order valence-electron chi connectivity index (χ4n) is 1.56. The Labute approximate surface area is 108 Å². The molecule has 2 amide bonds. The second kappa shape index (κ2) is 5.38. The highest BCUT2D eigenvalue weighted by atomic mass is 16.5. The highest BCUT2D eigenvalue weighted by molar-refractivity contribution is 6.39. The minimum Gasteiger partial charge on any atom is -0.466 e. The molecule has 0 unspecified atom stereocenters. The fraction of sp³-hybridized carbons (Fsp3) is 0.250. The van der Waals surface area contributed by atoms with Gasteiger partial charge in [0.05, 0.1) is 0 Å². The van der Waals surface area contributed by atoms with E-state index in [0.29, 0.717) is 0 Å². The van der Waals surface area contributed by atoms with Gasteiger partial charge in [0.2, 0.25) is 0 Å². The van der Waals surface area contributed by atoms with E-state index in [4.69, 9.17) is 4.42 Å². The number of carbonyl (C=O) groups is 2. The Kier molecular flexibility index (Phi) is 3.65. The van der Waals surface area contributed by atoms with Gasteiger partial charge in [-0.2, -0.15) is 0 Å². The number of nitrogens with one attached hydrogen (secondary N) is 2. The number of rotatable bonds is 3. The summed E-state index contributed by atoms with van der Waals surface area (Å²) in [6.45, 7) is 3.84. The molecule has 2 rings (SSSR count). The predicted molar refractivity (Wildman–Crippen MR) is 65.2 cm³/mol. The average Bonchev–Trinajstić information content (AvgIpc) is 2.96. The van der Waals surface area contributed by atoms with Gasteiger partial charge in [-0.3, -0.25) is 14.9 Å². The first-order valence-corrected chi connectivity index (χ1v) is 5.61. The van der Waals surface area contributed by atoms with Crippen molar-refractivity contribution in [3.63, 3.8) is 0 Å². The van der Waals surface area contributed by atoms with Crippen molar-refractivity contribution in [3.05, 3.63) is 35.5 Å². The van der Waals surface area contributed by atoms with Crippen LogP contribution in [0.3, 0.4) is 0 Å². The molecule has 2 heterocycles. The van der Waals surface area contributed by atoms with Crippen LogP contribution >= 0.6 is 0 Å². The zero-order chi connectivity index (χ0) is 13.8. The number of nitrogens with zero attached hydrogens (tertiary/aromatic N) is 1. The van der Waals surface area contributed by atoms with Gasteiger partial charge in [0.1, 0.15) is 17.8 Å². The second-order valence-electron chi connectivity index (χ2n) is 3.96. The van der Waals surface area contributed by atoms with E-state index in [2.05, 4.69) is 20.3 Å². The standard InChI is InChI=1S/C12H13N3O4/c1-7-5-9(8(2)19-7)6-13-11(16)12(17)14-10-3-4-18-15-10/h3-5H,6H2,1-2H3,(H,13,16)(H,14,15,17). The smallest absolute Gasteiger partial charge is 0.314 e. The first-order valence-electron chi connectivity index (χ1n) is 5.61. The number of furan rings is 1. The molecule has 0 bridgehead atoms. The molecule has 7 heteroatoms. The van der Waals surface area contributed by atoms with Gasteiger partial charge in [0.15, 0.2) is 5.82 Å². The van der Waals surface area contributed by atoms with Gasteiger partial charge in [0.25, 0.3) is 0 Å². The van der Waals surface area contributed by atoms with Crippen molar-refractivity contribution in [1.82, 2.24) is 10.5 Å². The molecule has 2 aromatic rings. The van der Waals surface area contributed by atoms with Gasteiger partial charge in [-0.25, -0.2) is 0 Å². The summed E-state index contributed by atoms with van der Waals surface area (Å²) in [5, 5.41) is 8.27. The average molecular weight is 263 g/mol. The van der Waals surface area contributed by atoms with Crippen LogP contribution in [0.1, 0.15) is 17.1 Å². The Bertz CT molecular complexity index is 586. The number of amides is 2. The summed E-state index contributed by atoms with van der Waals surface area (Å²) in [7, 11) is 0. The van der Waals surface area contributed by atoms with Crippen LogP contribution in [-0.2, 0) is 16.1 Å². The molecule has 0 fully saturated rings. The number of hydrogen-bond donors (Lipinski definition) is 2. The summed E-state index contributed by atoms with van der Waals surface area (Å²) in [5.74, 6) is 0.118. The molecule has 19 heavy (non-hydrogen) atoms. The highest BCUT2D eigenvalue weighted by Crippen LogP contribution is 2.13. The lowest BCUT2D eigenvalue weighted by molar-refractivity contribution is -0.136. The maximum atomic E-state index is 11.5. The number of aromatic nitrogens is 1. The third kappa shape index (κ3) is 3.21. The molecule has 0 radical (unpaired) electrons. The summed E-state index contributed by atoms with van der Waals surface area (Å²) >= 11 is 0. The minimum absolute atomic E-state index is 0.190. The largest absolute Gasteiger partial charge is 0.466 e. The van der Waals surface area contributed by atoms with Crippen molar-refractivity contribution in [3.8, 4) is 0 Å². The van der Waals surface area contributed by atoms with E-state index < -0.39 is 11.8 Å². The summed E-state index contributed by atoms with van der Waals surface area (Å²) < 4.78 is 9.85. The van der Waals surface area contributed by atoms with Crippen LogP contribution in [0.5, 0.6) is 0 Å². The molecule has 0 aliphatic heterocycles. The van der Waals surface area contributed by atoms with Gasteiger partial charge < -0.3 is 14.3 Å². The molecule has 0 aliphatic rings. The third-order valence-corrected chi connectivity index (χ3v) is 2.47. The molecule has 2 aromatic heterocycles. The molecule has 0 atom stereocenters. The van der Waals surface area contributed by atoms with Crippen LogP contribution < -0.4 is 10.6 Å². The van der Waals surface area contributed by atoms with E-state index >= 15 is 0 Å². The van der Waals surface area contributed by atoms with Gasteiger partial charge in [-0.15, -0.1) is 0 Å². The zero-order valence-corrected chi connectivity index (χ0v) is 10.5. The number of anilines is 1. The van der Waals surface area contributed by atoms with Crippen LogP contribution in [-0.4, -0.2) is 17.0 Å². The Hall–Kier alpha value is -2.57. The van der Waals surface area contributed by atoms with E-state index in [1.807, 2.05) is 13.0 Å². The van der Waals surface area contributed by atoms with E-state index in [1.54, 1.807) is 6.92 Å². The topological polar surface area (TPSA) is 97.4 Å². The van der Waals surface area contributed by atoms with Crippen LogP contribution in [0.4, 0.5) is 5.82 Å². The van der Waals surface area contributed by atoms with Crippen molar-refractivity contribution in [2.75, 3.05) is 5.32 Å². The molecular weight excluding hydrogens is 250 g/mol. The summed E-state index contributed by atoms with van der Waals surface area (Å²) in [4.78, 5) is 23.0. The van der Waals surface area contributed by atoms with Crippen LogP contribution in [0.15, 0.2) is 27.3 Å². The van der Waals surface area contributed by atoms with Crippen LogP contribution in [0, 0.1) is 13.8 Å². The quantitative estimate of drug-likeness (QED) is 0.809. The Balaban J connectivity index is 1.87. The lowest BCUT2D eigenvalue weighted by Gasteiger charge is -2.03. The summed E-state index contributed by atoms with van der Waals surface area (Å²) in [6.07, 6.45) is 1.30. The van der Waals surface area contributed by atoms with Crippen molar-refractivity contribution < 1.29 is 18.5 Å². The lowest BCUT2D eigenvalue weighted by Crippen LogP contribution is -2.35. The SMILES string of the molecule is Cc1cc(CNC(=O)C(=O)Nc2ccon2)c(C)o1. The van der Waals surface area contributed by atoms with Crippen LogP contribution in [0.2, 0.25) is 0 Å². The minimum atomic E-state index is -0.799. The lowest BCUT2D eigenvalue weighted by atomic mass is 10.2. The van der Waals surface area contributed by atoms with E-state index in [9.17, 15) is 9.59 Å². The maximum Gasteiger partial charge on any atom is 0.314 e. The maximum absolute atomic E-state index is 11.5. The molecule has 0 spiro atoms. The van der Waals surface area contributed by atoms with Crippen molar-refractivity contribution in [2.45, 2.75) is 20.4 Å². The number of hydrogen-bond acceptors (Lipinski definition) is 5. The predicted octanol–water partition coefficient (Wildman–Crippen LogP) is 1.14. The second-order valence-corrected chi connectivity index (χ2v) is 3.96. The Morgan fingerprint density at radius 3 is 2.68 bits per heavy atom. The first-order chi connectivity index (χ1) is 9.06. The molecule has 0 saturated carbocycles. The van der Waals surface area contributed by atoms with Gasteiger partial charge >= 0.3 is 11.8 Å². The molecule has 0 aromatic carbocycles. The van der Waals surface area contributed by atoms with Crippen molar-refractivity contribution in [2.24, 2.45) is 0 Å². The summed E-state index contributed by atoms with van der Waals surface area (Å²) in [5.41, 5.74) is 0.833. The van der Waals surface area contributed by atoms with Gasteiger partial charge in [-0.05, 0) is 19.9 Å².